The van der Waals surface area contributed by atoms with E-state index in [4.69, 9.17) is 23.0 Å². The van der Waals surface area contributed by atoms with Gasteiger partial charge in [0.1, 0.15) is 28.6 Å². The topological polar surface area (TPSA) is 63.2 Å². The third-order valence-electron chi connectivity index (χ3n) is 10.8. The first-order valence-corrected chi connectivity index (χ1v) is 23.3. The molecule has 7 heteroatoms. The zero-order chi connectivity index (χ0) is 46.8. The van der Waals surface area contributed by atoms with Crippen molar-refractivity contribution in [3.05, 3.63) is 156 Å². The van der Waals surface area contributed by atoms with Crippen LogP contribution in [0.2, 0.25) is 0 Å². The summed E-state index contributed by atoms with van der Waals surface area (Å²) < 4.78 is 33.2. The molecule has 0 bridgehead atoms. The molecule has 0 heterocycles. The van der Waals surface area contributed by atoms with Gasteiger partial charge in [-0.3, -0.25) is 0 Å². The smallest absolute Gasteiger partial charge is 0.428 e. The van der Waals surface area contributed by atoms with Gasteiger partial charge >= 0.3 is 14.8 Å². The Morgan fingerprint density at radius 1 is 0.406 bits per heavy atom. The van der Waals surface area contributed by atoms with Crippen LogP contribution in [0.1, 0.15) is 126 Å². The average Bonchev–Trinajstić information content (AvgIpc) is 3.20. The van der Waals surface area contributed by atoms with Crippen LogP contribution < -0.4 is 18.3 Å². The van der Waals surface area contributed by atoms with E-state index in [0.717, 1.165) is 50.1 Å². The first-order valence-electron chi connectivity index (χ1n) is 22.2. The molecule has 0 spiro atoms. The van der Waals surface area contributed by atoms with E-state index in [1.165, 1.54) is 0 Å². The van der Waals surface area contributed by atoms with Gasteiger partial charge in [0.25, 0.3) is 0 Å². The molecule has 0 amide bonds. The molecule has 0 radical (unpaired) electrons. The highest BCUT2D eigenvalue weighted by molar-refractivity contribution is 7.43. The Bertz CT molecular complexity index is 2440. The Balaban J connectivity index is 1.60. The van der Waals surface area contributed by atoms with Gasteiger partial charge in [-0.15, -0.1) is 0 Å². The Labute approximate surface area is 384 Å². The van der Waals surface area contributed by atoms with E-state index in [1.54, 1.807) is 0 Å². The van der Waals surface area contributed by atoms with E-state index in [2.05, 4.69) is 132 Å². The summed E-state index contributed by atoms with van der Waals surface area (Å²) in [6.45, 7) is 31.7. The summed E-state index contributed by atoms with van der Waals surface area (Å²) >= 11 is 0. The summed E-state index contributed by atoms with van der Waals surface area (Å²) in [5.41, 5.74) is 7.69. The normalized spacial score (nSPS) is 12.5. The highest BCUT2D eigenvalue weighted by Crippen LogP contribution is 2.53. The van der Waals surface area contributed by atoms with Crippen molar-refractivity contribution in [2.75, 3.05) is 0 Å². The number of carbonyl (C=O) groups excluding carboxylic acids is 1. The second-order valence-corrected chi connectivity index (χ2v) is 22.6. The molecule has 336 valence electrons. The van der Waals surface area contributed by atoms with Crippen LogP contribution in [0, 0.1) is 0 Å². The van der Waals surface area contributed by atoms with Gasteiger partial charge in [0.15, 0.2) is 0 Å². The van der Waals surface area contributed by atoms with Crippen molar-refractivity contribution in [3.63, 3.8) is 0 Å². The van der Waals surface area contributed by atoms with Crippen LogP contribution in [-0.4, -0.2) is 11.8 Å². The van der Waals surface area contributed by atoms with Gasteiger partial charge in [0.2, 0.25) is 0 Å². The van der Waals surface area contributed by atoms with Gasteiger partial charge < -0.3 is 23.0 Å². The van der Waals surface area contributed by atoms with E-state index in [1.807, 2.05) is 106 Å². The number of hydrogen-bond donors (Lipinski definition) is 0. The van der Waals surface area contributed by atoms with Crippen molar-refractivity contribution in [2.24, 2.45) is 0 Å². The maximum atomic E-state index is 13.8. The predicted molar refractivity (Wildman–Crippen MR) is 266 cm³/mol. The molecular weight excluding hydrogens is 812 g/mol. The van der Waals surface area contributed by atoms with Crippen molar-refractivity contribution in [3.8, 4) is 56.4 Å². The van der Waals surface area contributed by atoms with E-state index < -0.39 is 31.2 Å². The summed E-state index contributed by atoms with van der Waals surface area (Å²) in [6.07, 6.45) is -0.778. The van der Waals surface area contributed by atoms with Gasteiger partial charge in [0, 0.05) is 22.3 Å². The molecule has 6 aromatic rings. The summed E-state index contributed by atoms with van der Waals surface area (Å²) in [5.74, 6) is 2.18. The van der Waals surface area contributed by atoms with E-state index in [0.29, 0.717) is 28.6 Å². The third-order valence-corrected chi connectivity index (χ3v) is 11.9. The number of carbonyl (C=O) groups is 1. The third kappa shape index (κ3) is 12.2. The first kappa shape index (κ1) is 47.9. The zero-order valence-corrected chi connectivity index (χ0v) is 41.5. The minimum atomic E-state index is -2.16. The fourth-order valence-electron chi connectivity index (χ4n) is 7.18. The molecule has 0 unspecified atom stereocenters. The fraction of sp³-hybridized carbons (Fsp3) is 0.351. The summed E-state index contributed by atoms with van der Waals surface area (Å²) in [4.78, 5) is 13.8. The molecular formula is C57H67O6P. The maximum absolute atomic E-state index is 13.8. The monoisotopic (exact) mass is 878 g/mol. The molecule has 0 N–H and O–H groups in total. The van der Waals surface area contributed by atoms with Gasteiger partial charge in [-0.2, -0.15) is 0 Å². The Hall–Kier alpha value is -5.58. The molecule has 0 aromatic heterocycles. The van der Waals surface area contributed by atoms with Crippen LogP contribution in [0.4, 0.5) is 4.79 Å². The average molecular weight is 879 g/mol. The minimum absolute atomic E-state index is 0.257. The molecule has 6 aromatic carbocycles. The molecule has 0 aliphatic rings. The molecule has 0 atom stereocenters. The number of hydrogen-bond acceptors (Lipinski definition) is 6. The molecule has 6 rings (SSSR count). The van der Waals surface area contributed by atoms with E-state index >= 15 is 0 Å². The predicted octanol–water partition coefficient (Wildman–Crippen LogP) is 17.0. The van der Waals surface area contributed by atoms with Crippen LogP contribution in [0.15, 0.2) is 133 Å². The molecule has 0 saturated carbocycles. The van der Waals surface area contributed by atoms with Crippen molar-refractivity contribution < 1.29 is 27.8 Å². The van der Waals surface area contributed by atoms with Crippen LogP contribution in [-0.2, 0) is 26.4 Å². The SMILES string of the molecule is CC(C)(C)OC(=O)Oc1c(-c2cc(C(C)(C)C)cc(C(C)(C)C)c2OP(Oc2ccc(-c3ccccc3)cc2)Oc2ccc(-c3ccccc3)cc2)cc(C(C)(C)C)cc1C(C)(C)C. The van der Waals surface area contributed by atoms with Crippen molar-refractivity contribution in [1.82, 2.24) is 0 Å². The largest absolute Gasteiger partial charge is 0.530 e. The Morgan fingerprint density at radius 3 is 1.12 bits per heavy atom. The lowest BCUT2D eigenvalue weighted by molar-refractivity contribution is 0.0204. The van der Waals surface area contributed by atoms with Gasteiger partial charge in [-0.1, -0.05) is 180 Å². The first-order chi connectivity index (χ1) is 29.8. The quantitative estimate of drug-likeness (QED) is 0.0776. The van der Waals surface area contributed by atoms with Gasteiger partial charge in [0.05, 0.1) is 0 Å². The number of rotatable bonds is 10. The second kappa shape index (κ2) is 18.5. The Morgan fingerprint density at radius 2 is 0.766 bits per heavy atom. The molecule has 0 aliphatic heterocycles. The van der Waals surface area contributed by atoms with Crippen molar-refractivity contribution >= 4 is 14.8 Å². The molecule has 0 fully saturated rings. The van der Waals surface area contributed by atoms with Crippen LogP contribution >= 0.6 is 8.60 Å². The summed E-state index contributed by atoms with van der Waals surface area (Å²) in [6, 6.07) is 45.2. The van der Waals surface area contributed by atoms with Crippen molar-refractivity contribution in [2.45, 2.75) is 131 Å². The maximum Gasteiger partial charge on any atom is 0.530 e. The lowest BCUT2D eigenvalue weighted by Gasteiger charge is -2.33. The van der Waals surface area contributed by atoms with Crippen LogP contribution in [0.25, 0.3) is 33.4 Å². The van der Waals surface area contributed by atoms with Crippen molar-refractivity contribution in [1.29, 1.82) is 0 Å². The molecule has 6 nitrogen and oxygen atoms in total. The zero-order valence-electron chi connectivity index (χ0n) is 40.6. The molecule has 0 saturated heterocycles. The van der Waals surface area contributed by atoms with Gasteiger partial charge in [-0.25, -0.2) is 4.79 Å². The minimum Gasteiger partial charge on any atom is -0.428 e. The lowest BCUT2D eigenvalue weighted by Crippen LogP contribution is -2.27. The summed E-state index contributed by atoms with van der Waals surface area (Å²) in [5, 5.41) is 0. The fourth-order valence-corrected chi connectivity index (χ4v) is 8.23. The lowest BCUT2D eigenvalue weighted by atomic mass is 9.75. The highest BCUT2D eigenvalue weighted by Gasteiger charge is 2.35. The highest BCUT2D eigenvalue weighted by atomic mass is 31.2. The molecule has 0 aliphatic carbocycles. The summed E-state index contributed by atoms with van der Waals surface area (Å²) in [7, 11) is -2.16. The van der Waals surface area contributed by atoms with E-state index in [9.17, 15) is 4.79 Å². The molecule has 64 heavy (non-hydrogen) atoms. The van der Waals surface area contributed by atoms with Gasteiger partial charge in [-0.05, 0) is 112 Å². The number of ether oxygens (including phenoxy) is 2. The number of benzene rings is 6. The van der Waals surface area contributed by atoms with Crippen LogP contribution in [0.5, 0.6) is 23.0 Å². The standard InChI is InChI=1S/C57H67O6P/c1-53(2,3)42-34-46(50(48(36-42)55(7,8)9)59-52(58)60-57(13,14)15)47-35-43(54(4,5)6)37-49(56(10,11)12)51(47)63-64(61-44-30-26-40(27-31-44)38-22-18-16-19-23-38)62-45-32-28-41(29-33-45)39-24-20-17-21-25-39/h16-37H,1-15H3. The van der Waals surface area contributed by atoms with Crippen LogP contribution in [0.3, 0.4) is 0 Å². The second-order valence-electron chi connectivity index (χ2n) is 21.6. The Kier molecular flexibility index (Phi) is 13.8. The van der Waals surface area contributed by atoms with E-state index in [-0.39, 0.29) is 10.8 Å².